The van der Waals surface area contributed by atoms with Crippen LogP contribution in [-0.4, -0.2) is 0 Å². The summed E-state index contributed by atoms with van der Waals surface area (Å²) in [7, 11) is 0. The average molecular weight is 485 g/mol. The summed E-state index contributed by atoms with van der Waals surface area (Å²) in [6.07, 6.45) is 17.4. The lowest BCUT2D eigenvalue weighted by atomic mass is 9.78. The number of halogens is 1. The van der Waals surface area contributed by atoms with Crippen LogP contribution in [-0.2, 0) is 32.1 Å². The zero-order valence-electron chi connectivity index (χ0n) is 22.4. The summed E-state index contributed by atoms with van der Waals surface area (Å²) in [5.74, 6) is 1.87. The molecule has 0 radical (unpaired) electrons. The van der Waals surface area contributed by atoms with Crippen LogP contribution in [0.5, 0.6) is 0 Å². The van der Waals surface area contributed by atoms with Gasteiger partial charge >= 0.3 is 0 Å². The lowest BCUT2D eigenvalue weighted by Crippen LogP contribution is -2.15. The molecule has 1 saturated carbocycles. The third-order valence-corrected chi connectivity index (χ3v) is 8.39. The van der Waals surface area contributed by atoms with Crippen LogP contribution in [0.25, 0.3) is 0 Å². The second-order valence-corrected chi connectivity index (χ2v) is 11.1. The van der Waals surface area contributed by atoms with Gasteiger partial charge < -0.3 is 0 Å². The first-order valence-electron chi connectivity index (χ1n) is 14.6. The Morgan fingerprint density at radius 1 is 0.583 bits per heavy atom. The molecule has 3 aromatic rings. The van der Waals surface area contributed by atoms with Gasteiger partial charge in [-0.05, 0) is 84.2 Å². The van der Waals surface area contributed by atoms with E-state index in [1.54, 1.807) is 6.07 Å². The number of hydrogen-bond donors (Lipinski definition) is 0. The fourth-order valence-electron chi connectivity index (χ4n) is 5.90. The fourth-order valence-corrected chi connectivity index (χ4v) is 5.90. The van der Waals surface area contributed by atoms with Crippen molar-refractivity contribution in [3.63, 3.8) is 0 Å². The normalized spacial score (nSPS) is 17.8. The number of aryl methyl sites for hydroxylation is 5. The van der Waals surface area contributed by atoms with Gasteiger partial charge in [-0.25, -0.2) is 4.39 Å². The minimum absolute atomic E-state index is 0.0581. The summed E-state index contributed by atoms with van der Waals surface area (Å²) in [6.45, 7) is 2.30. The molecule has 1 heteroatoms. The topological polar surface area (TPSA) is 0 Å². The van der Waals surface area contributed by atoms with Crippen LogP contribution < -0.4 is 0 Å². The quantitative estimate of drug-likeness (QED) is 0.212. The second-order valence-electron chi connectivity index (χ2n) is 11.1. The molecule has 0 unspecified atom stereocenters. The van der Waals surface area contributed by atoms with Crippen LogP contribution in [0.15, 0.2) is 72.8 Å². The maximum absolute atomic E-state index is 14.7. The molecule has 1 aliphatic rings. The maximum atomic E-state index is 14.7. The molecule has 0 aromatic heterocycles. The summed E-state index contributed by atoms with van der Waals surface area (Å²) >= 11 is 0. The molecule has 0 aliphatic heterocycles. The maximum Gasteiger partial charge on any atom is 0.126 e. The van der Waals surface area contributed by atoms with Crippen molar-refractivity contribution < 1.29 is 4.39 Å². The van der Waals surface area contributed by atoms with Crippen LogP contribution in [0, 0.1) is 17.7 Å². The highest BCUT2D eigenvalue weighted by atomic mass is 19.1. The molecule has 0 N–H and O–H groups in total. The first-order valence-corrected chi connectivity index (χ1v) is 14.6. The number of unbranched alkanes of at least 4 members (excludes halogenated alkanes) is 2. The van der Waals surface area contributed by atoms with E-state index in [1.165, 1.54) is 80.9 Å². The van der Waals surface area contributed by atoms with Crippen LogP contribution in [0.1, 0.15) is 92.5 Å². The van der Waals surface area contributed by atoms with Gasteiger partial charge in [0, 0.05) is 0 Å². The Hall–Kier alpha value is -2.41. The van der Waals surface area contributed by atoms with Gasteiger partial charge in [0.1, 0.15) is 5.82 Å². The van der Waals surface area contributed by atoms with E-state index in [1.807, 2.05) is 12.1 Å². The highest BCUT2D eigenvalue weighted by molar-refractivity contribution is 5.28. The molecular weight excluding hydrogens is 439 g/mol. The van der Waals surface area contributed by atoms with E-state index in [0.717, 1.165) is 48.6 Å². The lowest BCUT2D eigenvalue weighted by molar-refractivity contribution is 0.249. The zero-order valence-corrected chi connectivity index (χ0v) is 22.4. The van der Waals surface area contributed by atoms with E-state index in [-0.39, 0.29) is 5.82 Å². The smallest absolute Gasteiger partial charge is 0.126 e. The van der Waals surface area contributed by atoms with Gasteiger partial charge in [-0.3, -0.25) is 0 Å². The van der Waals surface area contributed by atoms with E-state index >= 15 is 0 Å². The second kappa shape index (κ2) is 14.4. The van der Waals surface area contributed by atoms with Gasteiger partial charge in [0.25, 0.3) is 0 Å². The van der Waals surface area contributed by atoms with Crippen molar-refractivity contribution in [1.82, 2.24) is 0 Å². The third kappa shape index (κ3) is 8.61. The molecule has 1 aliphatic carbocycles. The number of rotatable bonds is 13. The molecule has 4 rings (SSSR count). The Bertz CT molecular complexity index is 1010. The molecular formula is C35H45F. The van der Waals surface area contributed by atoms with Crippen molar-refractivity contribution in [1.29, 1.82) is 0 Å². The van der Waals surface area contributed by atoms with Gasteiger partial charge in [0.15, 0.2) is 0 Å². The summed E-state index contributed by atoms with van der Waals surface area (Å²) < 4.78 is 14.7. The fraction of sp³-hybridized carbons (Fsp3) is 0.486. The molecule has 0 saturated heterocycles. The predicted molar refractivity (Wildman–Crippen MR) is 152 cm³/mol. The molecule has 0 amide bonds. The van der Waals surface area contributed by atoms with E-state index in [4.69, 9.17) is 0 Å². The summed E-state index contributed by atoms with van der Waals surface area (Å²) in [5, 5.41) is 0. The SMILES string of the molecule is CCCCCC1CCC(CCc2ccc(CCc3ccc(CCc4ccccc4)cc3F)cc2)CC1. The molecule has 36 heavy (non-hydrogen) atoms. The van der Waals surface area contributed by atoms with Crippen molar-refractivity contribution >= 4 is 0 Å². The monoisotopic (exact) mass is 484 g/mol. The van der Waals surface area contributed by atoms with Crippen molar-refractivity contribution in [2.24, 2.45) is 11.8 Å². The van der Waals surface area contributed by atoms with Crippen molar-refractivity contribution in [2.75, 3.05) is 0 Å². The minimum Gasteiger partial charge on any atom is -0.207 e. The standard InChI is InChI=1S/C35H45F/c1-2-3-5-8-29-11-13-30(14-12-29)15-16-31-17-19-32(20-18-31)23-25-34-26-24-33(27-35(34)36)22-21-28-9-6-4-7-10-28/h4,6-7,9-10,17-20,24,26-27,29-30H,2-3,5,8,11-16,21-23,25H2,1H3. The molecule has 1 fully saturated rings. The molecule has 0 nitrogen and oxygen atoms in total. The van der Waals surface area contributed by atoms with Crippen LogP contribution >= 0.6 is 0 Å². The first-order chi connectivity index (χ1) is 17.7. The van der Waals surface area contributed by atoms with Crippen molar-refractivity contribution in [2.45, 2.75) is 96.8 Å². The van der Waals surface area contributed by atoms with Gasteiger partial charge in [0.05, 0.1) is 0 Å². The summed E-state index contributed by atoms with van der Waals surface area (Å²) in [4.78, 5) is 0. The largest absolute Gasteiger partial charge is 0.207 e. The average Bonchev–Trinajstić information content (AvgIpc) is 2.92. The summed E-state index contributed by atoms with van der Waals surface area (Å²) in [6, 6.07) is 25.4. The van der Waals surface area contributed by atoms with Gasteiger partial charge in [-0.2, -0.15) is 0 Å². The molecule has 0 bridgehead atoms. The van der Waals surface area contributed by atoms with Crippen LogP contribution in [0.4, 0.5) is 4.39 Å². The Morgan fingerprint density at radius 2 is 1.14 bits per heavy atom. The Morgan fingerprint density at radius 3 is 1.81 bits per heavy atom. The Kier molecular flexibility index (Phi) is 10.6. The first kappa shape index (κ1) is 26.6. The van der Waals surface area contributed by atoms with Gasteiger partial charge in [0.2, 0.25) is 0 Å². The van der Waals surface area contributed by atoms with E-state index < -0.39 is 0 Å². The van der Waals surface area contributed by atoms with Crippen LogP contribution in [0.2, 0.25) is 0 Å². The summed E-state index contributed by atoms with van der Waals surface area (Å²) in [5.41, 5.74) is 5.97. The predicted octanol–water partition coefficient (Wildman–Crippen LogP) is 9.72. The molecule has 0 spiro atoms. The molecule has 3 aromatic carbocycles. The number of hydrogen-bond acceptors (Lipinski definition) is 0. The molecule has 0 heterocycles. The third-order valence-electron chi connectivity index (χ3n) is 8.39. The zero-order chi connectivity index (χ0) is 25.0. The van der Waals surface area contributed by atoms with Gasteiger partial charge in [-0.15, -0.1) is 0 Å². The van der Waals surface area contributed by atoms with Crippen LogP contribution in [0.3, 0.4) is 0 Å². The highest BCUT2D eigenvalue weighted by Gasteiger charge is 2.20. The molecule has 0 atom stereocenters. The van der Waals surface area contributed by atoms with E-state index in [9.17, 15) is 4.39 Å². The van der Waals surface area contributed by atoms with Crippen molar-refractivity contribution in [3.8, 4) is 0 Å². The van der Waals surface area contributed by atoms with E-state index in [0.29, 0.717) is 0 Å². The van der Waals surface area contributed by atoms with Gasteiger partial charge in [-0.1, -0.05) is 125 Å². The minimum atomic E-state index is -0.0581. The Labute approximate surface area is 219 Å². The molecule has 192 valence electrons. The highest BCUT2D eigenvalue weighted by Crippen LogP contribution is 2.34. The lowest BCUT2D eigenvalue weighted by Gasteiger charge is -2.28. The van der Waals surface area contributed by atoms with E-state index in [2.05, 4.69) is 61.5 Å². The number of benzene rings is 3. The van der Waals surface area contributed by atoms with Crippen molar-refractivity contribution in [3.05, 3.63) is 106 Å². The Balaban J connectivity index is 1.17.